The molecule has 3 N–H and O–H groups in total. The number of alkyl halides is 3. The van der Waals surface area contributed by atoms with Crippen LogP contribution in [0, 0.1) is 5.82 Å². The fraction of sp³-hybridized carbons (Fsp3) is 0.429. The molecule has 23 heavy (non-hydrogen) atoms. The second-order valence-electron chi connectivity index (χ2n) is 5.78. The summed E-state index contributed by atoms with van der Waals surface area (Å²) in [6.45, 7) is 1.92. The summed E-state index contributed by atoms with van der Waals surface area (Å²) in [6.07, 6.45) is -2.64. The minimum Gasteiger partial charge on any atom is -0.465 e. The Morgan fingerprint density at radius 2 is 1.96 bits per heavy atom. The van der Waals surface area contributed by atoms with E-state index in [1.807, 2.05) is 5.32 Å². The van der Waals surface area contributed by atoms with E-state index in [9.17, 15) is 22.4 Å². The Bertz CT molecular complexity index is 681. The molecular formula is C14H14F4N2O2S. The van der Waals surface area contributed by atoms with Gasteiger partial charge in [-0.25, -0.2) is 22.4 Å². The summed E-state index contributed by atoms with van der Waals surface area (Å²) >= 11 is 4.79. The van der Waals surface area contributed by atoms with Crippen molar-refractivity contribution >= 4 is 29.0 Å². The monoisotopic (exact) mass is 350 g/mol. The summed E-state index contributed by atoms with van der Waals surface area (Å²) in [7, 11) is 0. The lowest BCUT2D eigenvalue weighted by Gasteiger charge is -2.47. The SMILES string of the molecule is C[C@]1(F)CC(F)(F)[C@@](C)(c2cc(NC(=O)O)ccc2F)NC1=S. The van der Waals surface area contributed by atoms with E-state index in [0.29, 0.717) is 0 Å². The molecule has 0 radical (unpaired) electrons. The predicted octanol–water partition coefficient (Wildman–Crippen LogP) is 3.82. The molecule has 0 bridgehead atoms. The molecule has 1 aliphatic rings. The zero-order valence-electron chi connectivity index (χ0n) is 12.2. The molecule has 4 nitrogen and oxygen atoms in total. The zero-order chi connectivity index (χ0) is 17.6. The summed E-state index contributed by atoms with van der Waals surface area (Å²) in [5, 5.41) is 12.8. The van der Waals surface area contributed by atoms with Gasteiger partial charge in [0.15, 0.2) is 5.67 Å². The topological polar surface area (TPSA) is 61.4 Å². The summed E-state index contributed by atoms with van der Waals surface area (Å²) in [5.41, 5.74) is -5.33. The number of piperidine rings is 1. The molecule has 1 heterocycles. The van der Waals surface area contributed by atoms with E-state index in [1.54, 1.807) is 0 Å². The molecule has 2 rings (SSSR count). The van der Waals surface area contributed by atoms with Crippen LogP contribution in [0.15, 0.2) is 18.2 Å². The van der Waals surface area contributed by atoms with E-state index in [1.165, 1.54) is 0 Å². The van der Waals surface area contributed by atoms with Gasteiger partial charge in [-0.2, -0.15) is 0 Å². The Morgan fingerprint density at radius 3 is 2.52 bits per heavy atom. The minimum atomic E-state index is -3.67. The van der Waals surface area contributed by atoms with Gasteiger partial charge in [0, 0.05) is 11.3 Å². The average molecular weight is 350 g/mol. The van der Waals surface area contributed by atoms with E-state index in [0.717, 1.165) is 32.0 Å². The van der Waals surface area contributed by atoms with Gasteiger partial charge in [0.1, 0.15) is 16.3 Å². The number of hydrogen-bond acceptors (Lipinski definition) is 2. The number of benzene rings is 1. The van der Waals surface area contributed by atoms with Crippen LogP contribution in [0.1, 0.15) is 25.8 Å². The van der Waals surface area contributed by atoms with Crippen molar-refractivity contribution in [1.29, 1.82) is 0 Å². The normalized spacial score (nSPS) is 29.7. The lowest BCUT2D eigenvalue weighted by molar-refractivity contribution is -0.119. The molecule has 126 valence electrons. The molecule has 1 aromatic carbocycles. The summed E-state index contributed by atoms with van der Waals surface area (Å²) in [6, 6.07) is 2.89. The van der Waals surface area contributed by atoms with Crippen molar-refractivity contribution in [2.75, 3.05) is 5.32 Å². The Labute approximate surface area is 134 Å². The first-order chi connectivity index (χ1) is 10.4. The van der Waals surface area contributed by atoms with Crippen LogP contribution < -0.4 is 10.6 Å². The van der Waals surface area contributed by atoms with Crippen LogP contribution in [0.25, 0.3) is 0 Å². The van der Waals surface area contributed by atoms with Crippen molar-refractivity contribution in [1.82, 2.24) is 5.32 Å². The van der Waals surface area contributed by atoms with Crippen molar-refractivity contribution in [3.05, 3.63) is 29.6 Å². The van der Waals surface area contributed by atoms with E-state index < -0.39 is 46.0 Å². The zero-order valence-corrected chi connectivity index (χ0v) is 13.0. The van der Waals surface area contributed by atoms with E-state index >= 15 is 0 Å². The van der Waals surface area contributed by atoms with Crippen LogP contribution >= 0.6 is 12.2 Å². The maximum absolute atomic E-state index is 14.5. The lowest BCUT2D eigenvalue weighted by Crippen LogP contribution is -2.66. The van der Waals surface area contributed by atoms with Crippen molar-refractivity contribution < 1.29 is 27.5 Å². The van der Waals surface area contributed by atoms with Gasteiger partial charge in [0.25, 0.3) is 5.92 Å². The highest BCUT2D eigenvalue weighted by molar-refractivity contribution is 7.80. The summed E-state index contributed by atoms with van der Waals surface area (Å²) in [5.74, 6) is -4.65. The van der Waals surface area contributed by atoms with Gasteiger partial charge in [0.05, 0.1) is 6.42 Å². The quantitative estimate of drug-likeness (QED) is 0.561. The maximum Gasteiger partial charge on any atom is 0.409 e. The molecule has 0 spiro atoms. The number of halogens is 4. The molecule has 9 heteroatoms. The highest BCUT2D eigenvalue weighted by Gasteiger charge is 2.61. The number of nitrogens with one attached hydrogen (secondary N) is 2. The Morgan fingerprint density at radius 1 is 1.35 bits per heavy atom. The number of anilines is 1. The molecule has 1 amide bonds. The first-order valence-corrected chi connectivity index (χ1v) is 6.99. The third-order valence-corrected chi connectivity index (χ3v) is 4.41. The van der Waals surface area contributed by atoms with E-state index in [-0.39, 0.29) is 5.69 Å². The maximum atomic E-state index is 14.5. The fourth-order valence-corrected chi connectivity index (χ4v) is 2.77. The molecule has 0 unspecified atom stereocenters. The standard InChI is InChI=1S/C14H14F4N2O2S/c1-12(16)6-14(17,18)13(2,20-10(12)23)8-5-7(19-11(21)22)3-4-9(8)15/h3-5,19H,6H2,1-2H3,(H,20,23)(H,21,22)/t12-,13+/m0/s1. The Hall–Kier alpha value is -1.90. The van der Waals surface area contributed by atoms with Crippen molar-refractivity contribution in [3.63, 3.8) is 0 Å². The first-order valence-electron chi connectivity index (χ1n) is 6.58. The van der Waals surface area contributed by atoms with Gasteiger partial charge < -0.3 is 10.4 Å². The third-order valence-electron chi connectivity index (χ3n) is 3.88. The van der Waals surface area contributed by atoms with Crippen molar-refractivity contribution in [2.45, 2.75) is 37.4 Å². The largest absolute Gasteiger partial charge is 0.465 e. The smallest absolute Gasteiger partial charge is 0.409 e. The second-order valence-corrected chi connectivity index (χ2v) is 6.19. The Balaban J connectivity index is 2.54. The number of thiocarbonyl (C=S) groups is 1. The van der Waals surface area contributed by atoms with Crippen LogP contribution in [0.3, 0.4) is 0 Å². The number of hydrogen-bond donors (Lipinski definition) is 3. The molecule has 1 aliphatic heterocycles. The summed E-state index contributed by atoms with van der Waals surface area (Å²) < 4.78 is 57.3. The van der Waals surface area contributed by atoms with E-state index in [4.69, 9.17) is 17.3 Å². The average Bonchev–Trinajstić information content (AvgIpc) is 2.37. The number of carbonyl (C=O) groups is 1. The highest BCUT2D eigenvalue weighted by atomic mass is 32.1. The first kappa shape index (κ1) is 17.5. The molecule has 0 aromatic heterocycles. The van der Waals surface area contributed by atoms with Gasteiger partial charge in [-0.15, -0.1) is 0 Å². The molecular weight excluding hydrogens is 336 g/mol. The van der Waals surface area contributed by atoms with Crippen LogP contribution in [0.5, 0.6) is 0 Å². The molecule has 0 aliphatic carbocycles. The van der Waals surface area contributed by atoms with Crippen LogP contribution in [0.2, 0.25) is 0 Å². The van der Waals surface area contributed by atoms with Crippen molar-refractivity contribution in [3.8, 4) is 0 Å². The molecule has 1 aromatic rings. The van der Waals surface area contributed by atoms with Gasteiger partial charge in [-0.3, -0.25) is 5.32 Å². The minimum absolute atomic E-state index is 0.0905. The lowest BCUT2D eigenvalue weighted by atomic mass is 9.76. The highest BCUT2D eigenvalue weighted by Crippen LogP contribution is 2.48. The van der Waals surface area contributed by atoms with Crippen LogP contribution in [0.4, 0.5) is 28.0 Å². The molecule has 1 saturated heterocycles. The van der Waals surface area contributed by atoms with E-state index in [2.05, 4.69) is 5.32 Å². The van der Waals surface area contributed by atoms with Gasteiger partial charge >= 0.3 is 6.09 Å². The molecule has 0 saturated carbocycles. The van der Waals surface area contributed by atoms with Gasteiger partial charge in [0.2, 0.25) is 0 Å². The molecule has 2 atom stereocenters. The Kier molecular flexibility index (Phi) is 4.04. The second kappa shape index (κ2) is 5.33. The number of amides is 1. The predicted molar refractivity (Wildman–Crippen MR) is 80.2 cm³/mol. The fourth-order valence-electron chi connectivity index (χ4n) is 2.50. The number of rotatable bonds is 2. The van der Waals surface area contributed by atoms with Gasteiger partial charge in [-0.1, -0.05) is 12.2 Å². The molecule has 1 fully saturated rings. The summed E-state index contributed by atoms with van der Waals surface area (Å²) in [4.78, 5) is 10.2. The van der Waals surface area contributed by atoms with Crippen LogP contribution in [-0.2, 0) is 5.54 Å². The van der Waals surface area contributed by atoms with Crippen molar-refractivity contribution in [2.24, 2.45) is 0 Å². The van der Waals surface area contributed by atoms with Crippen LogP contribution in [-0.4, -0.2) is 27.8 Å². The number of carboxylic acid groups (broad SMARTS) is 1. The van der Waals surface area contributed by atoms with Gasteiger partial charge in [-0.05, 0) is 32.0 Å². The third kappa shape index (κ3) is 2.97.